The number of rotatable bonds is 5. The normalized spacial score (nSPS) is 20.6. The lowest BCUT2D eigenvalue weighted by Crippen LogP contribution is -2.37. The van der Waals surface area contributed by atoms with Crippen molar-refractivity contribution >= 4 is 15.9 Å². The van der Waals surface area contributed by atoms with Crippen LogP contribution >= 0.6 is 0 Å². The Morgan fingerprint density at radius 3 is 2.56 bits per heavy atom. The summed E-state index contributed by atoms with van der Waals surface area (Å²) < 4.78 is 26.8. The zero-order valence-corrected chi connectivity index (χ0v) is 15.1. The molecule has 0 unspecified atom stereocenters. The number of nitrogens with one attached hydrogen (secondary N) is 2. The molecule has 1 heterocycles. The summed E-state index contributed by atoms with van der Waals surface area (Å²) in [7, 11) is -1.48. The number of hydrogen-bond acceptors (Lipinski definition) is 4. The second kappa shape index (κ2) is 6.97. The van der Waals surface area contributed by atoms with Crippen LogP contribution in [0.25, 0.3) is 11.3 Å². The second-order valence-corrected chi connectivity index (χ2v) is 8.25. The Balaban J connectivity index is 1.66. The fourth-order valence-electron chi connectivity index (χ4n) is 3.21. The van der Waals surface area contributed by atoms with Crippen molar-refractivity contribution in [2.75, 3.05) is 6.26 Å². The highest BCUT2D eigenvalue weighted by Crippen LogP contribution is 2.21. The van der Waals surface area contributed by atoms with Gasteiger partial charge in [0.2, 0.25) is 10.0 Å². The number of amides is 1. The van der Waals surface area contributed by atoms with Gasteiger partial charge in [-0.05, 0) is 25.3 Å². The average Bonchev–Trinajstić information content (AvgIpc) is 3.13. The van der Waals surface area contributed by atoms with Crippen LogP contribution in [0.4, 0.5) is 0 Å². The lowest BCUT2D eigenvalue weighted by Gasteiger charge is -2.13. The van der Waals surface area contributed by atoms with E-state index in [-0.39, 0.29) is 18.0 Å². The van der Waals surface area contributed by atoms with E-state index in [9.17, 15) is 13.2 Å². The van der Waals surface area contributed by atoms with Gasteiger partial charge in [0.1, 0.15) is 5.69 Å². The maximum Gasteiger partial charge on any atom is 0.269 e. The van der Waals surface area contributed by atoms with Gasteiger partial charge in [-0.2, -0.15) is 5.10 Å². The molecule has 25 heavy (non-hydrogen) atoms. The highest BCUT2D eigenvalue weighted by molar-refractivity contribution is 7.88. The van der Waals surface area contributed by atoms with Crippen LogP contribution in [-0.2, 0) is 17.1 Å². The van der Waals surface area contributed by atoms with Gasteiger partial charge in [0.15, 0.2) is 0 Å². The molecule has 0 saturated heterocycles. The van der Waals surface area contributed by atoms with Gasteiger partial charge in [-0.3, -0.25) is 9.48 Å². The van der Waals surface area contributed by atoms with Gasteiger partial charge in [0.25, 0.3) is 5.91 Å². The summed E-state index contributed by atoms with van der Waals surface area (Å²) in [5.41, 5.74) is 2.19. The summed E-state index contributed by atoms with van der Waals surface area (Å²) in [5.74, 6) is -0.192. The van der Waals surface area contributed by atoms with E-state index < -0.39 is 10.0 Å². The van der Waals surface area contributed by atoms with Crippen molar-refractivity contribution in [2.24, 2.45) is 7.05 Å². The molecule has 1 amide bonds. The molecule has 7 nitrogen and oxygen atoms in total. The van der Waals surface area contributed by atoms with Crippen LogP contribution in [0, 0.1) is 0 Å². The van der Waals surface area contributed by atoms with E-state index in [1.165, 1.54) is 0 Å². The Kier molecular flexibility index (Phi) is 4.91. The molecule has 1 saturated carbocycles. The number of nitrogens with zero attached hydrogens (tertiary/aromatic N) is 2. The first-order valence-electron chi connectivity index (χ1n) is 8.19. The first kappa shape index (κ1) is 17.6. The van der Waals surface area contributed by atoms with Gasteiger partial charge in [-0.25, -0.2) is 13.1 Å². The average molecular weight is 362 g/mol. The highest BCUT2D eigenvalue weighted by atomic mass is 32.2. The molecule has 2 atom stereocenters. The van der Waals surface area contributed by atoms with Crippen molar-refractivity contribution < 1.29 is 13.2 Å². The molecule has 3 rings (SSSR count). The zero-order chi connectivity index (χ0) is 18.0. The molecule has 1 aliphatic rings. The minimum absolute atomic E-state index is 0.0400. The molecule has 134 valence electrons. The number of carbonyl (C=O) groups is 1. The summed E-state index contributed by atoms with van der Waals surface area (Å²) in [6.45, 7) is 0. The Bertz CT molecular complexity index is 861. The van der Waals surface area contributed by atoms with Crippen LogP contribution in [0.5, 0.6) is 0 Å². The monoisotopic (exact) mass is 362 g/mol. The molecule has 8 heteroatoms. The van der Waals surface area contributed by atoms with Crippen LogP contribution < -0.4 is 10.0 Å². The molecule has 2 aromatic rings. The van der Waals surface area contributed by atoms with Crippen LogP contribution in [0.1, 0.15) is 29.8 Å². The number of aryl methyl sites for hydroxylation is 1. The zero-order valence-electron chi connectivity index (χ0n) is 14.3. The van der Waals surface area contributed by atoms with Gasteiger partial charge < -0.3 is 5.32 Å². The number of sulfonamides is 1. The van der Waals surface area contributed by atoms with Gasteiger partial charge in [-0.1, -0.05) is 30.3 Å². The van der Waals surface area contributed by atoms with Crippen molar-refractivity contribution in [3.63, 3.8) is 0 Å². The molecule has 1 aromatic carbocycles. The van der Waals surface area contributed by atoms with E-state index in [0.29, 0.717) is 12.1 Å². The molecular weight excluding hydrogens is 340 g/mol. The summed E-state index contributed by atoms with van der Waals surface area (Å²) in [4.78, 5) is 12.5. The summed E-state index contributed by atoms with van der Waals surface area (Å²) in [5, 5.41) is 7.39. The maximum absolute atomic E-state index is 12.5. The van der Waals surface area contributed by atoms with E-state index >= 15 is 0 Å². The number of carbonyl (C=O) groups excluding carboxylic acids is 1. The first-order valence-corrected chi connectivity index (χ1v) is 10.1. The quantitative estimate of drug-likeness (QED) is 0.838. The number of benzene rings is 1. The summed E-state index contributed by atoms with van der Waals surface area (Å²) in [6.07, 6.45) is 3.23. The van der Waals surface area contributed by atoms with Gasteiger partial charge in [0, 0.05) is 24.7 Å². The predicted octanol–water partition coefficient (Wildman–Crippen LogP) is 1.29. The SMILES string of the molecule is Cn1nc(-c2ccccc2)cc1C(=O)N[C@@H]1CC[C@H](NS(C)(=O)=O)C1. The van der Waals surface area contributed by atoms with Crippen molar-refractivity contribution in [3.8, 4) is 11.3 Å². The van der Waals surface area contributed by atoms with E-state index in [4.69, 9.17) is 0 Å². The van der Waals surface area contributed by atoms with Gasteiger partial charge in [-0.15, -0.1) is 0 Å². The molecule has 0 aliphatic heterocycles. The fourth-order valence-corrected chi connectivity index (χ4v) is 4.03. The number of hydrogen-bond donors (Lipinski definition) is 2. The number of aromatic nitrogens is 2. The minimum Gasteiger partial charge on any atom is -0.348 e. The first-order chi connectivity index (χ1) is 11.8. The largest absolute Gasteiger partial charge is 0.348 e. The van der Waals surface area contributed by atoms with E-state index in [2.05, 4.69) is 15.1 Å². The Morgan fingerprint density at radius 2 is 1.88 bits per heavy atom. The van der Waals surface area contributed by atoms with Crippen molar-refractivity contribution in [1.29, 1.82) is 0 Å². The lowest BCUT2D eigenvalue weighted by atomic mass is 10.1. The lowest BCUT2D eigenvalue weighted by molar-refractivity contribution is 0.0928. The Labute approximate surface area is 147 Å². The fraction of sp³-hybridized carbons (Fsp3) is 0.412. The van der Waals surface area contributed by atoms with Gasteiger partial charge in [0.05, 0.1) is 11.9 Å². The van der Waals surface area contributed by atoms with Crippen LogP contribution in [-0.4, -0.2) is 42.4 Å². The van der Waals surface area contributed by atoms with Crippen molar-refractivity contribution in [3.05, 3.63) is 42.1 Å². The standard InChI is InChI=1S/C17H22N4O3S/c1-21-16(11-15(19-21)12-6-4-3-5-7-12)17(22)18-13-8-9-14(10-13)20-25(2,23)24/h3-7,11,13-14,20H,8-10H2,1-2H3,(H,18,22)/t13-,14+/m1/s1. The second-order valence-electron chi connectivity index (χ2n) is 6.47. The molecular formula is C17H22N4O3S. The molecule has 1 fully saturated rings. The molecule has 1 aliphatic carbocycles. The maximum atomic E-state index is 12.5. The molecule has 1 aromatic heterocycles. The molecule has 0 spiro atoms. The third kappa shape index (κ3) is 4.46. The third-order valence-electron chi connectivity index (χ3n) is 4.33. The Hall–Kier alpha value is -2.19. The summed E-state index contributed by atoms with van der Waals surface area (Å²) >= 11 is 0. The van der Waals surface area contributed by atoms with Gasteiger partial charge >= 0.3 is 0 Å². The van der Waals surface area contributed by atoms with E-state index in [1.54, 1.807) is 17.8 Å². The predicted molar refractivity (Wildman–Crippen MR) is 95.5 cm³/mol. The van der Waals surface area contributed by atoms with Crippen LogP contribution in [0.15, 0.2) is 36.4 Å². The minimum atomic E-state index is -3.22. The van der Waals surface area contributed by atoms with Crippen LogP contribution in [0.3, 0.4) is 0 Å². The van der Waals surface area contributed by atoms with E-state index in [1.807, 2.05) is 30.3 Å². The molecule has 0 radical (unpaired) electrons. The molecule has 0 bridgehead atoms. The van der Waals surface area contributed by atoms with Crippen molar-refractivity contribution in [1.82, 2.24) is 19.8 Å². The highest BCUT2D eigenvalue weighted by Gasteiger charge is 2.28. The Morgan fingerprint density at radius 1 is 1.20 bits per heavy atom. The smallest absolute Gasteiger partial charge is 0.269 e. The molecule has 2 N–H and O–H groups in total. The van der Waals surface area contributed by atoms with Crippen molar-refractivity contribution in [2.45, 2.75) is 31.3 Å². The summed E-state index contributed by atoms with van der Waals surface area (Å²) in [6, 6.07) is 11.3. The van der Waals surface area contributed by atoms with E-state index in [0.717, 1.165) is 30.4 Å². The van der Waals surface area contributed by atoms with Crippen LogP contribution in [0.2, 0.25) is 0 Å². The third-order valence-corrected chi connectivity index (χ3v) is 5.09. The topological polar surface area (TPSA) is 93.1 Å².